The summed E-state index contributed by atoms with van der Waals surface area (Å²) in [5.74, 6) is -5.35. The summed E-state index contributed by atoms with van der Waals surface area (Å²) in [5.41, 5.74) is -0.137. The van der Waals surface area contributed by atoms with Crippen LogP contribution in [0.1, 0.15) is 107 Å². The minimum atomic E-state index is -1.55. The Labute approximate surface area is 365 Å². The number of hydrogen-bond acceptors (Lipinski definition) is 13. The fourth-order valence-corrected chi connectivity index (χ4v) is 7.00. The van der Waals surface area contributed by atoms with Gasteiger partial charge in [-0.05, 0) is 95.9 Å². The lowest BCUT2D eigenvalue weighted by molar-refractivity contribution is -0.162. The standard InChI is InChI=1S/C44H71N5O13/c1-13-26(6)35(33(50)23-34(51)61-37(25(4)5)39(53)46-30(21-24(2)3)40(54)49-20-14-15-32(49)41(55)56)47-38(52)36(48-43(58)62-44(8,9)10)27(7)60-42(57)31(45-11)22-28-16-18-29(59-12)19-17-28/h16-19,24-27,30-33,35-37,45,50H,13-15,20-23H2,1-12H3,(H,46,53)(H,47,52)(H,48,58)(H,55,56)/t26-,27+,30-,31-,32-,33-,35+,36-,37-/m0/s1. The Hall–Kier alpha value is -4.97. The molecule has 18 heteroatoms. The van der Waals surface area contributed by atoms with Crippen molar-refractivity contribution in [1.29, 1.82) is 0 Å². The first-order valence-electron chi connectivity index (χ1n) is 21.4. The molecule has 0 saturated carbocycles. The number of esters is 2. The molecule has 1 aliphatic heterocycles. The maximum Gasteiger partial charge on any atom is 0.408 e. The number of nitrogens with zero attached hydrogens (tertiary/aromatic N) is 1. The van der Waals surface area contributed by atoms with Crippen molar-refractivity contribution in [3.8, 4) is 5.75 Å². The third-order valence-electron chi connectivity index (χ3n) is 10.6. The van der Waals surface area contributed by atoms with Crippen LogP contribution in [0.25, 0.3) is 0 Å². The predicted octanol–water partition coefficient (Wildman–Crippen LogP) is 3.11. The van der Waals surface area contributed by atoms with Crippen molar-refractivity contribution in [3.05, 3.63) is 29.8 Å². The van der Waals surface area contributed by atoms with Gasteiger partial charge in [0.2, 0.25) is 11.8 Å². The highest BCUT2D eigenvalue weighted by Crippen LogP contribution is 2.22. The molecular weight excluding hydrogens is 807 g/mol. The molecule has 62 heavy (non-hydrogen) atoms. The molecule has 350 valence electrons. The second-order valence-electron chi connectivity index (χ2n) is 17.7. The van der Waals surface area contributed by atoms with Crippen molar-refractivity contribution in [3.63, 3.8) is 0 Å². The zero-order chi connectivity index (χ0) is 47.1. The van der Waals surface area contributed by atoms with Crippen molar-refractivity contribution in [2.24, 2.45) is 17.8 Å². The number of aliphatic hydroxyl groups is 1. The largest absolute Gasteiger partial charge is 0.497 e. The summed E-state index contributed by atoms with van der Waals surface area (Å²) in [7, 11) is 3.13. The topological polar surface area (TPSA) is 248 Å². The third-order valence-corrected chi connectivity index (χ3v) is 10.6. The van der Waals surface area contributed by atoms with Gasteiger partial charge in [-0.15, -0.1) is 0 Å². The molecule has 2 rings (SSSR count). The normalized spacial score (nSPS) is 18.0. The molecule has 1 saturated heterocycles. The molecule has 1 fully saturated rings. The Morgan fingerprint density at radius 2 is 1.52 bits per heavy atom. The van der Waals surface area contributed by atoms with E-state index in [0.717, 1.165) is 5.56 Å². The van der Waals surface area contributed by atoms with Crippen LogP contribution in [0.2, 0.25) is 0 Å². The number of benzene rings is 1. The summed E-state index contributed by atoms with van der Waals surface area (Å²) >= 11 is 0. The van der Waals surface area contributed by atoms with Crippen LogP contribution in [0.15, 0.2) is 24.3 Å². The molecule has 1 aromatic rings. The molecule has 0 bridgehead atoms. The van der Waals surface area contributed by atoms with Gasteiger partial charge in [0.05, 0.1) is 25.7 Å². The first kappa shape index (κ1) is 53.2. The number of carbonyl (C=O) groups excluding carboxylic acids is 6. The van der Waals surface area contributed by atoms with E-state index < -0.39 is 114 Å². The maximum absolute atomic E-state index is 14.1. The first-order chi connectivity index (χ1) is 28.9. The van der Waals surface area contributed by atoms with Gasteiger partial charge in [-0.1, -0.05) is 60.1 Å². The number of likely N-dealkylation sites (tertiary alicyclic amines) is 1. The number of amides is 4. The van der Waals surface area contributed by atoms with Gasteiger partial charge >= 0.3 is 24.0 Å². The molecule has 1 aromatic carbocycles. The van der Waals surface area contributed by atoms with Crippen LogP contribution in [0, 0.1) is 17.8 Å². The van der Waals surface area contributed by atoms with E-state index in [4.69, 9.17) is 18.9 Å². The lowest BCUT2D eigenvalue weighted by Crippen LogP contribution is -2.59. The number of alkyl carbamates (subject to hydrolysis) is 1. The quantitative estimate of drug-likeness (QED) is 0.0684. The summed E-state index contributed by atoms with van der Waals surface area (Å²) in [6.45, 7) is 17.1. The van der Waals surface area contributed by atoms with Gasteiger partial charge in [-0.2, -0.15) is 0 Å². The smallest absolute Gasteiger partial charge is 0.408 e. The van der Waals surface area contributed by atoms with Crippen molar-refractivity contribution in [1.82, 2.24) is 26.2 Å². The van der Waals surface area contributed by atoms with Crippen LogP contribution in [0.5, 0.6) is 5.75 Å². The molecule has 0 aliphatic carbocycles. The summed E-state index contributed by atoms with van der Waals surface area (Å²) in [6, 6.07) is 1.61. The number of aliphatic hydroxyl groups excluding tert-OH is 1. The number of carbonyl (C=O) groups is 7. The molecule has 1 aliphatic rings. The Balaban J connectivity index is 2.27. The molecule has 0 aromatic heterocycles. The van der Waals surface area contributed by atoms with E-state index in [1.165, 1.54) is 11.8 Å². The lowest BCUT2D eigenvalue weighted by Gasteiger charge is -2.33. The van der Waals surface area contributed by atoms with Gasteiger partial charge in [0.1, 0.15) is 41.6 Å². The minimum Gasteiger partial charge on any atom is -0.497 e. The fraction of sp³-hybridized carbons (Fsp3) is 0.705. The first-order valence-corrected chi connectivity index (χ1v) is 21.4. The number of likely N-dealkylation sites (N-methyl/N-ethyl adjacent to an activating group) is 1. The number of aliphatic carboxylic acids is 1. The van der Waals surface area contributed by atoms with Crippen molar-refractivity contribution < 1.29 is 62.7 Å². The predicted molar refractivity (Wildman–Crippen MR) is 229 cm³/mol. The average Bonchev–Trinajstić information content (AvgIpc) is 3.69. The number of methoxy groups -OCH3 is 1. The average molecular weight is 878 g/mol. The van der Waals surface area contributed by atoms with E-state index in [2.05, 4.69) is 21.3 Å². The Kier molecular flexibility index (Phi) is 21.1. The van der Waals surface area contributed by atoms with Gasteiger partial charge in [0, 0.05) is 6.54 Å². The monoisotopic (exact) mass is 878 g/mol. The second kappa shape index (κ2) is 24.6. The molecule has 1 heterocycles. The summed E-state index contributed by atoms with van der Waals surface area (Å²) < 4.78 is 22.0. The van der Waals surface area contributed by atoms with Gasteiger partial charge in [0.15, 0.2) is 6.10 Å². The fourth-order valence-electron chi connectivity index (χ4n) is 7.00. The highest BCUT2D eigenvalue weighted by molar-refractivity contribution is 5.93. The van der Waals surface area contributed by atoms with Crippen LogP contribution < -0.4 is 26.0 Å². The van der Waals surface area contributed by atoms with E-state index in [1.54, 1.807) is 80.0 Å². The van der Waals surface area contributed by atoms with E-state index >= 15 is 0 Å². The highest BCUT2D eigenvalue weighted by Gasteiger charge is 2.40. The zero-order valence-corrected chi connectivity index (χ0v) is 38.4. The second-order valence-corrected chi connectivity index (χ2v) is 17.7. The van der Waals surface area contributed by atoms with Gasteiger partial charge in [-0.3, -0.25) is 24.0 Å². The Bertz CT molecular complexity index is 1660. The third kappa shape index (κ3) is 16.7. The number of carboxylic acids is 1. The highest BCUT2D eigenvalue weighted by atomic mass is 16.6. The van der Waals surface area contributed by atoms with Crippen LogP contribution >= 0.6 is 0 Å². The summed E-state index contributed by atoms with van der Waals surface area (Å²) in [5, 5.41) is 32.0. The van der Waals surface area contributed by atoms with E-state index in [1.807, 2.05) is 20.8 Å². The van der Waals surface area contributed by atoms with Crippen LogP contribution in [-0.2, 0) is 49.4 Å². The molecule has 6 N–H and O–H groups in total. The van der Waals surface area contributed by atoms with Crippen molar-refractivity contribution >= 4 is 41.7 Å². The van der Waals surface area contributed by atoms with Crippen LogP contribution in [0.3, 0.4) is 0 Å². The molecule has 0 spiro atoms. The number of hydrogen-bond donors (Lipinski definition) is 6. The Morgan fingerprint density at radius 3 is 2.03 bits per heavy atom. The van der Waals surface area contributed by atoms with Crippen LogP contribution in [0.4, 0.5) is 4.79 Å². The van der Waals surface area contributed by atoms with E-state index in [0.29, 0.717) is 25.0 Å². The minimum absolute atomic E-state index is 0.0534. The van der Waals surface area contributed by atoms with Gasteiger partial charge in [-0.25, -0.2) is 9.59 Å². The molecule has 0 radical (unpaired) electrons. The zero-order valence-electron chi connectivity index (χ0n) is 38.4. The number of carboxylic acid groups (broad SMARTS) is 1. The van der Waals surface area contributed by atoms with Crippen molar-refractivity contribution in [2.75, 3.05) is 20.7 Å². The van der Waals surface area contributed by atoms with E-state index in [9.17, 15) is 43.8 Å². The Morgan fingerprint density at radius 1 is 0.887 bits per heavy atom. The molecule has 4 amide bonds. The maximum atomic E-state index is 14.1. The summed E-state index contributed by atoms with van der Waals surface area (Å²) in [4.78, 5) is 94.2. The lowest BCUT2D eigenvalue weighted by atomic mass is 9.92. The van der Waals surface area contributed by atoms with Gasteiger partial charge in [0.25, 0.3) is 5.91 Å². The molecule has 9 atom stereocenters. The van der Waals surface area contributed by atoms with Crippen molar-refractivity contribution in [2.45, 2.75) is 162 Å². The van der Waals surface area contributed by atoms with E-state index in [-0.39, 0.29) is 25.3 Å². The SMILES string of the molecule is CC[C@H](C)[C@@H](NC(=O)[C@@H](NC(=O)OC(C)(C)C)[C@@H](C)OC(=O)[C@H](Cc1ccc(OC)cc1)NC)[C@@H](O)CC(=O)O[C@H](C(=O)N[C@@H](CC(C)C)C(=O)N1CCC[C@H]1C(=O)O)C(C)C. The van der Waals surface area contributed by atoms with Gasteiger partial charge < -0.3 is 55.3 Å². The number of rotatable bonds is 23. The number of nitrogens with one attached hydrogen (secondary N) is 4. The summed E-state index contributed by atoms with van der Waals surface area (Å²) in [6.07, 6.45) is -4.11. The molecular formula is C44H71N5O13. The molecule has 0 unspecified atom stereocenters. The molecule has 18 nitrogen and oxygen atoms in total. The van der Waals surface area contributed by atoms with Crippen LogP contribution in [-0.4, -0.2) is 132 Å². The number of ether oxygens (including phenoxy) is 4.